The van der Waals surface area contributed by atoms with Gasteiger partial charge >= 0.3 is 11.7 Å². The number of hydrogen-bond donors (Lipinski definition) is 0. The Kier molecular flexibility index (Phi) is 7.64. The lowest BCUT2D eigenvalue weighted by molar-refractivity contribution is -0.385. The highest BCUT2D eigenvalue weighted by atomic mass is 16.6. The van der Waals surface area contributed by atoms with Crippen molar-refractivity contribution in [1.82, 2.24) is 4.90 Å². The summed E-state index contributed by atoms with van der Waals surface area (Å²) in [4.78, 5) is 36.1. The van der Waals surface area contributed by atoms with Crippen LogP contribution in [0, 0.1) is 10.1 Å². The molecule has 0 aliphatic heterocycles. The van der Waals surface area contributed by atoms with Crippen LogP contribution in [0.2, 0.25) is 0 Å². The van der Waals surface area contributed by atoms with E-state index in [9.17, 15) is 19.7 Å². The minimum absolute atomic E-state index is 0.00555. The summed E-state index contributed by atoms with van der Waals surface area (Å²) in [6.07, 6.45) is 0. The van der Waals surface area contributed by atoms with Crippen molar-refractivity contribution < 1.29 is 28.7 Å². The zero-order valence-corrected chi connectivity index (χ0v) is 14.7. The number of nitro benzene ring substituents is 1. The van der Waals surface area contributed by atoms with E-state index in [1.165, 1.54) is 18.1 Å². The van der Waals surface area contributed by atoms with Crippen molar-refractivity contribution >= 4 is 17.6 Å². The fourth-order valence-electron chi connectivity index (χ4n) is 2.17. The number of rotatable bonds is 9. The molecule has 0 saturated carbocycles. The predicted octanol–water partition coefficient (Wildman–Crippen LogP) is 2.03. The first-order valence-corrected chi connectivity index (χ1v) is 7.83. The second-order valence-electron chi connectivity index (χ2n) is 4.86. The first-order valence-electron chi connectivity index (χ1n) is 7.83. The molecule has 1 rings (SSSR count). The molecular formula is C16H22N2O7. The van der Waals surface area contributed by atoms with E-state index in [-0.39, 0.29) is 29.6 Å². The molecule has 1 aromatic rings. The molecule has 0 unspecified atom stereocenters. The minimum atomic E-state index is -0.692. The molecule has 0 aromatic heterocycles. The summed E-state index contributed by atoms with van der Waals surface area (Å²) >= 11 is 0. The van der Waals surface area contributed by atoms with Gasteiger partial charge in [-0.2, -0.15) is 0 Å². The number of ether oxygens (including phenoxy) is 3. The lowest BCUT2D eigenvalue weighted by Crippen LogP contribution is -2.30. The van der Waals surface area contributed by atoms with Gasteiger partial charge in [0.15, 0.2) is 12.4 Å². The maximum atomic E-state index is 12.4. The standard InChI is InChI=1S/C16H22N2O7/c1-5-17(6-2)16(20)11-8-12(18(21)22)15(13(9-11)23-4)25-10-14(19)24-7-3/h8-9H,5-7,10H2,1-4H3. The van der Waals surface area contributed by atoms with Gasteiger partial charge in [0.25, 0.3) is 5.91 Å². The van der Waals surface area contributed by atoms with Crippen molar-refractivity contribution in [3.8, 4) is 11.5 Å². The molecule has 1 aromatic carbocycles. The second kappa shape index (κ2) is 9.45. The van der Waals surface area contributed by atoms with Gasteiger partial charge in [-0.25, -0.2) is 4.79 Å². The molecule has 0 atom stereocenters. The molecule has 25 heavy (non-hydrogen) atoms. The Morgan fingerprint density at radius 2 is 1.84 bits per heavy atom. The lowest BCUT2D eigenvalue weighted by Gasteiger charge is -2.19. The van der Waals surface area contributed by atoms with Crippen LogP contribution in [0.5, 0.6) is 11.5 Å². The molecule has 0 N–H and O–H groups in total. The normalized spacial score (nSPS) is 10.1. The van der Waals surface area contributed by atoms with Crippen LogP contribution in [0.1, 0.15) is 31.1 Å². The van der Waals surface area contributed by atoms with Gasteiger partial charge in [0.05, 0.1) is 24.2 Å². The van der Waals surface area contributed by atoms with Gasteiger partial charge in [-0.05, 0) is 26.8 Å². The van der Waals surface area contributed by atoms with E-state index in [0.29, 0.717) is 13.1 Å². The summed E-state index contributed by atoms with van der Waals surface area (Å²) in [6.45, 7) is 5.84. The number of nitrogens with zero attached hydrogens (tertiary/aromatic N) is 2. The number of carbonyl (C=O) groups excluding carboxylic acids is 2. The molecule has 1 amide bonds. The van der Waals surface area contributed by atoms with Crippen LogP contribution in [0.25, 0.3) is 0 Å². The van der Waals surface area contributed by atoms with Crippen LogP contribution in [-0.2, 0) is 9.53 Å². The third-order valence-corrected chi connectivity index (χ3v) is 3.39. The number of hydrogen-bond acceptors (Lipinski definition) is 7. The van der Waals surface area contributed by atoms with E-state index in [1.54, 1.807) is 6.92 Å². The van der Waals surface area contributed by atoms with Gasteiger partial charge in [-0.15, -0.1) is 0 Å². The number of amides is 1. The molecule has 0 aliphatic carbocycles. The van der Waals surface area contributed by atoms with Gasteiger partial charge < -0.3 is 19.1 Å². The van der Waals surface area contributed by atoms with Crippen LogP contribution in [0.15, 0.2) is 12.1 Å². The summed E-state index contributed by atoms with van der Waals surface area (Å²) in [5, 5.41) is 11.4. The summed E-state index contributed by atoms with van der Waals surface area (Å²) < 4.78 is 15.1. The highest BCUT2D eigenvalue weighted by molar-refractivity contribution is 5.96. The Labute approximate surface area is 145 Å². The van der Waals surface area contributed by atoms with Crippen molar-refractivity contribution in [3.63, 3.8) is 0 Å². The maximum Gasteiger partial charge on any atom is 0.344 e. The minimum Gasteiger partial charge on any atom is -0.493 e. The Morgan fingerprint density at radius 1 is 1.20 bits per heavy atom. The van der Waals surface area contributed by atoms with Crippen molar-refractivity contribution in [2.24, 2.45) is 0 Å². The monoisotopic (exact) mass is 354 g/mol. The fourth-order valence-corrected chi connectivity index (χ4v) is 2.17. The Morgan fingerprint density at radius 3 is 2.32 bits per heavy atom. The van der Waals surface area contributed by atoms with Gasteiger partial charge in [0, 0.05) is 19.2 Å². The predicted molar refractivity (Wildman–Crippen MR) is 89.0 cm³/mol. The Balaban J connectivity index is 3.27. The fraction of sp³-hybridized carbons (Fsp3) is 0.500. The van der Waals surface area contributed by atoms with E-state index in [4.69, 9.17) is 14.2 Å². The smallest absolute Gasteiger partial charge is 0.344 e. The quantitative estimate of drug-likeness (QED) is 0.379. The van der Waals surface area contributed by atoms with E-state index in [2.05, 4.69) is 0 Å². The van der Waals surface area contributed by atoms with E-state index in [1.807, 2.05) is 13.8 Å². The number of esters is 1. The summed E-state index contributed by atoms with van der Waals surface area (Å²) in [5.41, 5.74) is -0.352. The molecule has 0 spiro atoms. The van der Waals surface area contributed by atoms with Crippen LogP contribution in [0.4, 0.5) is 5.69 Å². The largest absolute Gasteiger partial charge is 0.493 e. The summed E-state index contributed by atoms with van der Waals surface area (Å²) in [7, 11) is 1.29. The average Bonchev–Trinajstić information content (AvgIpc) is 2.60. The molecule has 0 fully saturated rings. The van der Waals surface area contributed by atoms with Crippen LogP contribution in [-0.4, -0.2) is 55.1 Å². The molecule has 0 aliphatic rings. The summed E-state index contributed by atoms with van der Waals surface area (Å²) in [6, 6.07) is 2.47. The molecule has 9 heteroatoms. The molecule has 9 nitrogen and oxygen atoms in total. The first-order chi connectivity index (χ1) is 11.9. The van der Waals surface area contributed by atoms with Gasteiger partial charge in [0.2, 0.25) is 5.75 Å². The SMILES string of the molecule is CCOC(=O)COc1c(OC)cc(C(=O)N(CC)CC)cc1[N+](=O)[O-]. The van der Waals surface area contributed by atoms with Crippen molar-refractivity contribution in [2.45, 2.75) is 20.8 Å². The topological polar surface area (TPSA) is 108 Å². The molecular weight excluding hydrogens is 332 g/mol. The zero-order valence-electron chi connectivity index (χ0n) is 14.7. The number of benzene rings is 1. The van der Waals surface area contributed by atoms with Crippen molar-refractivity contribution in [2.75, 3.05) is 33.4 Å². The number of carbonyl (C=O) groups is 2. The third kappa shape index (κ3) is 5.07. The molecule has 0 radical (unpaired) electrons. The average molecular weight is 354 g/mol. The lowest BCUT2D eigenvalue weighted by atomic mass is 10.1. The van der Waals surface area contributed by atoms with Crippen LogP contribution >= 0.6 is 0 Å². The Bertz CT molecular complexity index is 642. The molecule has 138 valence electrons. The number of nitro groups is 1. The van der Waals surface area contributed by atoms with E-state index >= 15 is 0 Å². The third-order valence-electron chi connectivity index (χ3n) is 3.39. The van der Waals surface area contributed by atoms with Gasteiger partial charge in [0.1, 0.15) is 0 Å². The van der Waals surface area contributed by atoms with Crippen LogP contribution < -0.4 is 9.47 Å². The van der Waals surface area contributed by atoms with Crippen LogP contribution in [0.3, 0.4) is 0 Å². The van der Waals surface area contributed by atoms with E-state index < -0.39 is 23.2 Å². The molecule has 0 heterocycles. The maximum absolute atomic E-state index is 12.4. The van der Waals surface area contributed by atoms with Gasteiger partial charge in [-0.1, -0.05) is 0 Å². The molecule has 0 saturated heterocycles. The second-order valence-corrected chi connectivity index (χ2v) is 4.86. The highest BCUT2D eigenvalue weighted by Crippen LogP contribution is 2.38. The summed E-state index contributed by atoms with van der Waals surface area (Å²) in [5.74, 6) is -1.25. The highest BCUT2D eigenvalue weighted by Gasteiger charge is 2.26. The van der Waals surface area contributed by atoms with Crippen molar-refractivity contribution in [3.05, 3.63) is 27.8 Å². The van der Waals surface area contributed by atoms with E-state index in [0.717, 1.165) is 6.07 Å². The molecule has 0 bridgehead atoms. The van der Waals surface area contributed by atoms with Gasteiger partial charge in [-0.3, -0.25) is 14.9 Å². The van der Waals surface area contributed by atoms with Crippen molar-refractivity contribution in [1.29, 1.82) is 0 Å². The zero-order chi connectivity index (χ0) is 19.0. The number of methoxy groups -OCH3 is 1. The Hall–Kier alpha value is -2.84. The first kappa shape index (κ1) is 20.2.